The summed E-state index contributed by atoms with van der Waals surface area (Å²) in [6.07, 6.45) is 1.60. The standard InChI is InChI=1S/C7H9N3O2/c11-7(12)5-1-4-6(2-8-5)10-3-9-4/h1,8-10H,2-3H2,(H,11,12). The van der Waals surface area contributed by atoms with Gasteiger partial charge in [0.2, 0.25) is 0 Å². The topological polar surface area (TPSA) is 73.4 Å². The zero-order chi connectivity index (χ0) is 8.55. The second kappa shape index (κ2) is 2.44. The highest BCUT2D eigenvalue weighted by Gasteiger charge is 2.19. The first kappa shape index (κ1) is 7.02. The molecule has 2 aliphatic heterocycles. The molecule has 0 aromatic rings. The molecule has 0 saturated heterocycles. The summed E-state index contributed by atoms with van der Waals surface area (Å²) in [5.74, 6) is -0.921. The first-order valence-corrected chi connectivity index (χ1v) is 3.67. The summed E-state index contributed by atoms with van der Waals surface area (Å²) < 4.78 is 0. The van der Waals surface area contributed by atoms with Gasteiger partial charge in [0.25, 0.3) is 0 Å². The minimum Gasteiger partial charge on any atom is -0.477 e. The van der Waals surface area contributed by atoms with Crippen LogP contribution >= 0.6 is 0 Å². The molecule has 0 unspecified atom stereocenters. The van der Waals surface area contributed by atoms with Crippen LogP contribution in [0.1, 0.15) is 0 Å². The summed E-state index contributed by atoms with van der Waals surface area (Å²) in [5, 5.41) is 17.6. The van der Waals surface area contributed by atoms with Crippen molar-refractivity contribution in [1.82, 2.24) is 16.0 Å². The van der Waals surface area contributed by atoms with Crippen molar-refractivity contribution in [2.45, 2.75) is 0 Å². The third-order valence-corrected chi connectivity index (χ3v) is 1.88. The maximum Gasteiger partial charge on any atom is 0.352 e. The maximum absolute atomic E-state index is 10.5. The number of rotatable bonds is 1. The van der Waals surface area contributed by atoms with Crippen molar-refractivity contribution in [3.63, 3.8) is 0 Å². The molecule has 0 radical (unpaired) electrons. The number of hydrogen-bond donors (Lipinski definition) is 4. The summed E-state index contributed by atoms with van der Waals surface area (Å²) in [6.45, 7) is 1.23. The van der Waals surface area contributed by atoms with Crippen molar-refractivity contribution in [2.24, 2.45) is 0 Å². The molecule has 12 heavy (non-hydrogen) atoms. The lowest BCUT2D eigenvalue weighted by Gasteiger charge is -2.13. The lowest BCUT2D eigenvalue weighted by atomic mass is 10.2. The van der Waals surface area contributed by atoms with Crippen LogP contribution in [0.5, 0.6) is 0 Å². The van der Waals surface area contributed by atoms with Crippen molar-refractivity contribution >= 4 is 5.97 Å². The van der Waals surface area contributed by atoms with Crippen molar-refractivity contribution in [3.05, 3.63) is 23.2 Å². The second-order valence-corrected chi connectivity index (χ2v) is 2.64. The molecule has 0 amide bonds. The average molecular weight is 167 g/mol. The molecule has 64 valence electrons. The summed E-state index contributed by atoms with van der Waals surface area (Å²) in [5.41, 5.74) is 2.15. The molecule has 0 bridgehead atoms. The normalized spacial score (nSPS) is 20.2. The van der Waals surface area contributed by atoms with Crippen molar-refractivity contribution in [1.29, 1.82) is 0 Å². The molecule has 5 nitrogen and oxygen atoms in total. The van der Waals surface area contributed by atoms with Crippen LogP contribution < -0.4 is 16.0 Å². The van der Waals surface area contributed by atoms with Crippen LogP contribution in [0, 0.1) is 0 Å². The number of aliphatic carboxylic acids is 1. The zero-order valence-electron chi connectivity index (χ0n) is 6.35. The van der Waals surface area contributed by atoms with Crippen LogP contribution in [0.15, 0.2) is 23.2 Å². The smallest absolute Gasteiger partial charge is 0.352 e. The van der Waals surface area contributed by atoms with Crippen LogP contribution in [0.3, 0.4) is 0 Å². The molecule has 0 atom stereocenters. The minimum absolute atomic E-state index is 0.241. The third kappa shape index (κ3) is 0.990. The number of carboxylic acids is 1. The van der Waals surface area contributed by atoms with E-state index in [0.29, 0.717) is 13.2 Å². The molecule has 2 heterocycles. The Balaban J connectivity index is 2.26. The van der Waals surface area contributed by atoms with Gasteiger partial charge < -0.3 is 21.1 Å². The fourth-order valence-electron chi connectivity index (χ4n) is 1.26. The van der Waals surface area contributed by atoms with Crippen molar-refractivity contribution < 1.29 is 9.90 Å². The summed E-state index contributed by atoms with van der Waals surface area (Å²) in [6, 6.07) is 0. The van der Waals surface area contributed by atoms with E-state index in [9.17, 15) is 4.79 Å². The molecule has 2 aliphatic rings. The third-order valence-electron chi connectivity index (χ3n) is 1.88. The molecule has 0 aromatic heterocycles. The number of carbonyl (C=O) groups is 1. The van der Waals surface area contributed by atoms with Crippen LogP contribution in [-0.2, 0) is 4.79 Å². The van der Waals surface area contributed by atoms with E-state index in [1.807, 2.05) is 0 Å². The van der Waals surface area contributed by atoms with E-state index in [-0.39, 0.29) is 5.70 Å². The Morgan fingerprint density at radius 2 is 2.25 bits per heavy atom. The Bertz CT molecular complexity index is 293. The fourth-order valence-corrected chi connectivity index (χ4v) is 1.26. The molecule has 5 heteroatoms. The van der Waals surface area contributed by atoms with Gasteiger partial charge in [-0.05, 0) is 6.08 Å². The molecule has 0 saturated carbocycles. The SMILES string of the molecule is O=C(O)C1=CC2=C(CN1)NCN2. The lowest BCUT2D eigenvalue weighted by Crippen LogP contribution is -2.29. The molecule has 2 rings (SSSR count). The Morgan fingerprint density at radius 1 is 1.42 bits per heavy atom. The number of dihydropyridines is 1. The Kier molecular flexibility index (Phi) is 1.43. The Morgan fingerprint density at radius 3 is 3.00 bits per heavy atom. The predicted octanol–water partition coefficient (Wildman–Crippen LogP) is -1.08. The first-order valence-electron chi connectivity index (χ1n) is 3.67. The largest absolute Gasteiger partial charge is 0.477 e. The molecular weight excluding hydrogens is 158 g/mol. The monoisotopic (exact) mass is 167 g/mol. The van der Waals surface area contributed by atoms with Crippen LogP contribution in [-0.4, -0.2) is 24.3 Å². The summed E-state index contributed by atoms with van der Waals surface area (Å²) >= 11 is 0. The Labute approximate surface area is 69.1 Å². The quantitative estimate of drug-likeness (QED) is 0.400. The van der Waals surface area contributed by atoms with E-state index >= 15 is 0 Å². The van der Waals surface area contributed by atoms with Gasteiger partial charge in [0, 0.05) is 0 Å². The van der Waals surface area contributed by atoms with Crippen molar-refractivity contribution in [2.75, 3.05) is 13.2 Å². The van der Waals surface area contributed by atoms with Gasteiger partial charge in [-0.15, -0.1) is 0 Å². The molecule has 0 aliphatic carbocycles. The molecule has 4 N–H and O–H groups in total. The maximum atomic E-state index is 10.5. The highest BCUT2D eigenvalue weighted by molar-refractivity contribution is 5.87. The van der Waals surface area contributed by atoms with Gasteiger partial charge in [-0.3, -0.25) is 0 Å². The van der Waals surface area contributed by atoms with E-state index in [2.05, 4.69) is 16.0 Å². The second-order valence-electron chi connectivity index (χ2n) is 2.64. The van der Waals surface area contributed by atoms with E-state index in [1.54, 1.807) is 6.08 Å². The van der Waals surface area contributed by atoms with Gasteiger partial charge in [0.1, 0.15) is 5.70 Å². The van der Waals surface area contributed by atoms with E-state index in [0.717, 1.165) is 11.4 Å². The van der Waals surface area contributed by atoms with Crippen LogP contribution in [0.25, 0.3) is 0 Å². The van der Waals surface area contributed by atoms with Gasteiger partial charge in [-0.25, -0.2) is 4.79 Å². The van der Waals surface area contributed by atoms with Gasteiger partial charge in [-0.1, -0.05) is 0 Å². The van der Waals surface area contributed by atoms with Gasteiger partial charge in [0.15, 0.2) is 0 Å². The molecular formula is C7H9N3O2. The number of nitrogens with one attached hydrogen (secondary N) is 3. The van der Waals surface area contributed by atoms with Gasteiger partial charge in [0.05, 0.1) is 24.6 Å². The Hall–Kier alpha value is -1.65. The highest BCUT2D eigenvalue weighted by Crippen LogP contribution is 2.11. The zero-order valence-corrected chi connectivity index (χ0v) is 6.35. The number of carboxylic acid groups (broad SMARTS) is 1. The molecule has 0 spiro atoms. The fraction of sp³-hybridized carbons (Fsp3) is 0.286. The highest BCUT2D eigenvalue weighted by atomic mass is 16.4. The summed E-state index contributed by atoms with van der Waals surface area (Å²) in [4.78, 5) is 10.5. The van der Waals surface area contributed by atoms with Gasteiger partial charge in [-0.2, -0.15) is 0 Å². The summed E-state index contributed by atoms with van der Waals surface area (Å²) in [7, 11) is 0. The van der Waals surface area contributed by atoms with Crippen molar-refractivity contribution in [3.8, 4) is 0 Å². The van der Waals surface area contributed by atoms with E-state index < -0.39 is 5.97 Å². The molecule has 0 aromatic carbocycles. The van der Waals surface area contributed by atoms with Crippen LogP contribution in [0.2, 0.25) is 0 Å². The minimum atomic E-state index is -0.921. The number of hydrogen-bond acceptors (Lipinski definition) is 4. The lowest BCUT2D eigenvalue weighted by molar-refractivity contribution is -0.133. The van der Waals surface area contributed by atoms with E-state index in [1.165, 1.54) is 0 Å². The average Bonchev–Trinajstić information content (AvgIpc) is 2.49. The molecule has 0 fully saturated rings. The van der Waals surface area contributed by atoms with Crippen LogP contribution in [0.4, 0.5) is 0 Å². The van der Waals surface area contributed by atoms with E-state index in [4.69, 9.17) is 5.11 Å². The first-order chi connectivity index (χ1) is 5.77. The van der Waals surface area contributed by atoms with Gasteiger partial charge >= 0.3 is 5.97 Å². The number of allylic oxidation sites excluding steroid dienone is 1. The predicted molar refractivity (Wildman–Crippen MR) is 41.9 cm³/mol.